The molecule has 0 amide bonds. The van der Waals surface area contributed by atoms with Gasteiger partial charge in [0.15, 0.2) is 0 Å². The number of likely N-dealkylation sites (tertiary alicyclic amines) is 1. The number of hydrogen-bond acceptors (Lipinski definition) is 2. The fourth-order valence-corrected chi connectivity index (χ4v) is 4.10. The summed E-state index contributed by atoms with van der Waals surface area (Å²) in [4.78, 5) is 1.54. The quantitative estimate of drug-likeness (QED) is 0.761. The molecule has 22 heavy (non-hydrogen) atoms. The first-order valence-corrected chi connectivity index (χ1v) is 8.96. The van der Waals surface area contributed by atoms with Gasteiger partial charge < -0.3 is 5.32 Å². The molecule has 2 fully saturated rings. The third kappa shape index (κ3) is 6.45. The lowest BCUT2D eigenvalue weighted by Crippen LogP contribution is -2.34. The Morgan fingerprint density at radius 3 is 2.23 bits per heavy atom. The van der Waals surface area contributed by atoms with Gasteiger partial charge in [-0.05, 0) is 56.7 Å². The molecule has 1 N–H and O–H groups in total. The molecular formula is C17H31F3N2. The second-order valence-corrected chi connectivity index (χ2v) is 7.34. The zero-order valence-corrected chi connectivity index (χ0v) is 13.8. The van der Waals surface area contributed by atoms with E-state index in [-0.39, 0.29) is 0 Å². The summed E-state index contributed by atoms with van der Waals surface area (Å²) in [6.45, 7) is 4.63. The summed E-state index contributed by atoms with van der Waals surface area (Å²) in [6, 6.07) is 0. The van der Waals surface area contributed by atoms with E-state index in [4.69, 9.17) is 0 Å². The molecule has 1 aliphatic heterocycles. The van der Waals surface area contributed by atoms with Crippen LogP contribution in [0.15, 0.2) is 0 Å². The summed E-state index contributed by atoms with van der Waals surface area (Å²) < 4.78 is 37.1. The maximum atomic E-state index is 12.4. The fraction of sp³-hybridized carbons (Fsp3) is 1.00. The number of rotatable bonds is 7. The third-order valence-electron chi connectivity index (χ3n) is 5.30. The van der Waals surface area contributed by atoms with Gasteiger partial charge in [0.1, 0.15) is 0 Å². The van der Waals surface area contributed by atoms with Crippen LogP contribution in [0.1, 0.15) is 51.9 Å². The van der Waals surface area contributed by atoms with Crippen LogP contribution in [0.4, 0.5) is 13.2 Å². The van der Waals surface area contributed by atoms with Gasteiger partial charge in [0.25, 0.3) is 0 Å². The van der Waals surface area contributed by atoms with Crippen LogP contribution in [0.5, 0.6) is 0 Å². The summed E-state index contributed by atoms with van der Waals surface area (Å²) in [7, 11) is 0. The Morgan fingerprint density at radius 1 is 0.955 bits per heavy atom. The Morgan fingerprint density at radius 2 is 1.59 bits per heavy atom. The van der Waals surface area contributed by atoms with Gasteiger partial charge in [-0.25, -0.2) is 0 Å². The van der Waals surface area contributed by atoms with Crippen molar-refractivity contribution in [3.63, 3.8) is 0 Å². The van der Waals surface area contributed by atoms with Gasteiger partial charge in [-0.15, -0.1) is 0 Å². The van der Waals surface area contributed by atoms with Crippen molar-refractivity contribution >= 4 is 0 Å². The van der Waals surface area contributed by atoms with Crippen LogP contribution in [0, 0.1) is 17.8 Å². The van der Waals surface area contributed by atoms with Crippen molar-refractivity contribution in [2.45, 2.75) is 58.0 Å². The maximum Gasteiger partial charge on any atom is 0.401 e. The molecule has 0 aromatic heterocycles. The lowest BCUT2D eigenvalue weighted by molar-refractivity contribution is -0.143. The van der Waals surface area contributed by atoms with Gasteiger partial charge in [0.2, 0.25) is 0 Å². The predicted octanol–water partition coefficient (Wildman–Crippen LogP) is 4.07. The van der Waals surface area contributed by atoms with Crippen LogP contribution in [-0.2, 0) is 0 Å². The SMILES string of the molecule is CCCC1CCC(CNCC2CCN(CC(F)(F)F)C2)CC1. The minimum atomic E-state index is -4.06. The van der Waals surface area contributed by atoms with E-state index in [0.29, 0.717) is 19.0 Å². The summed E-state index contributed by atoms with van der Waals surface area (Å²) in [5.41, 5.74) is 0. The molecule has 130 valence electrons. The molecule has 2 rings (SSSR count). The molecule has 0 spiro atoms. The monoisotopic (exact) mass is 320 g/mol. The van der Waals surface area contributed by atoms with E-state index >= 15 is 0 Å². The Balaban J connectivity index is 1.55. The molecule has 5 heteroatoms. The summed E-state index contributed by atoms with van der Waals surface area (Å²) in [6.07, 6.45) is 4.88. The van der Waals surface area contributed by atoms with Crippen molar-refractivity contribution < 1.29 is 13.2 Å². The van der Waals surface area contributed by atoms with E-state index in [1.54, 1.807) is 4.90 Å². The largest absolute Gasteiger partial charge is 0.401 e. The minimum Gasteiger partial charge on any atom is -0.316 e. The van der Waals surface area contributed by atoms with Crippen molar-refractivity contribution in [3.05, 3.63) is 0 Å². The van der Waals surface area contributed by atoms with Crippen LogP contribution in [0.2, 0.25) is 0 Å². The number of nitrogens with zero attached hydrogens (tertiary/aromatic N) is 1. The van der Waals surface area contributed by atoms with Gasteiger partial charge in [-0.2, -0.15) is 13.2 Å². The van der Waals surface area contributed by atoms with Crippen LogP contribution < -0.4 is 5.32 Å². The van der Waals surface area contributed by atoms with E-state index in [9.17, 15) is 13.2 Å². The van der Waals surface area contributed by atoms with Crippen LogP contribution >= 0.6 is 0 Å². The van der Waals surface area contributed by atoms with E-state index in [1.165, 1.54) is 38.5 Å². The Hall–Kier alpha value is -0.290. The van der Waals surface area contributed by atoms with E-state index in [1.807, 2.05) is 0 Å². The molecule has 1 heterocycles. The summed E-state index contributed by atoms with van der Waals surface area (Å²) in [5.74, 6) is 2.10. The highest BCUT2D eigenvalue weighted by atomic mass is 19.4. The number of nitrogens with one attached hydrogen (secondary N) is 1. The summed E-state index contributed by atoms with van der Waals surface area (Å²) in [5, 5.41) is 3.52. The first-order chi connectivity index (χ1) is 10.5. The van der Waals surface area contributed by atoms with Crippen LogP contribution in [-0.4, -0.2) is 43.8 Å². The Labute approximate surface area is 132 Å². The van der Waals surface area contributed by atoms with Crippen molar-refractivity contribution in [2.24, 2.45) is 17.8 Å². The first kappa shape index (κ1) is 18.1. The van der Waals surface area contributed by atoms with Crippen molar-refractivity contribution in [2.75, 3.05) is 32.7 Å². The van der Waals surface area contributed by atoms with Gasteiger partial charge in [-0.1, -0.05) is 32.6 Å². The second kappa shape index (κ2) is 8.53. The molecule has 0 bridgehead atoms. The van der Waals surface area contributed by atoms with E-state index < -0.39 is 12.7 Å². The fourth-order valence-electron chi connectivity index (χ4n) is 4.10. The average Bonchev–Trinajstić information content (AvgIpc) is 2.86. The number of hydrogen-bond donors (Lipinski definition) is 1. The molecule has 0 radical (unpaired) electrons. The smallest absolute Gasteiger partial charge is 0.316 e. The van der Waals surface area contributed by atoms with Crippen LogP contribution in [0.3, 0.4) is 0 Å². The maximum absolute atomic E-state index is 12.4. The number of halogens is 3. The van der Waals surface area contributed by atoms with Gasteiger partial charge in [-0.3, -0.25) is 4.90 Å². The molecule has 2 nitrogen and oxygen atoms in total. The molecule has 1 aliphatic carbocycles. The highest BCUT2D eigenvalue weighted by molar-refractivity contribution is 4.80. The highest BCUT2D eigenvalue weighted by Gasteiger charge is 2.34. The molecule has 1 unspecified atom stereocenters. The molecule has 0 aromatic carbocycles. The van der Waals surface area contributed by atoms with Gasteiger partial charge >= 0.3 is 6.18 Å². The van der Waals surface area contributed by atoms with Crippen molar-refractivity contribution in [1.29, 1.82) is 0 Å². The minimum absolute atomic E-state index is 0.388. The molecule has 1 atom stereocenters. The van der Waals surface area contributed by atoms with Crippen molar-refractivity contribution in [3.8, 4) is 0 Å². The standard InChI is InChI=1S/C17H31F3N2/c1-2-3-14-4-6-15(7-5-14)10-21-11-16-8-9-22(12-16)13-17(18,19)20/h14-16,21H,2-13H2,1H3. The van der Waals surface area contributed by atoms with E-state index in [2.05, 4.69) is 12.2 Å². The Kier molecular flexibility index (Phi) is 7.00. The third-order valence-corrected chi connectivity index (χ3v) is 5.30. The molecule has 0 aromatic rings. The zero-order valence-electron chi connectivity index (χ0n) is 13.8. The second-order valence-electron chi connectivity index (χ2n) is 7.34. The summed E-state index contributed by atoms with van der Waals surface area (Å²) >= 11 is 0. The normalized spacial score (nSPS) is 30.8. The van der Waals surface area contributed by atoms with Crippen molar-refractivity contribution in [1.82, 2.24) is 10.2 Å². The number of alkyl halides is 3. The van der Waals surface area contributed by atoms with Gasteiger partial charge in [0, 0.05) is 6.54 Å². The first-order valence-electron chi connectivity index (χ1n) is 8.96. The molecule has 1 saturated heterocycles. The molecule has 2 aliphatic rings. The topological polar surface area (TPSA) is 15.3 Å². The molecule has 1 saturated carbocycles. The lowest BCUT2D eigenvalue weighted by Gasteiger charge is -2.28. The lowest BCUT2D eigenvalue weighted by atomic mass is 9.80. The van der Waals surface area contributed by atoms with E-state index in [0.717, 1.165) is 31.3 Å². The average molecular weight is 320 g/mol. The highest BCUT2D eigenvalue weighted by Crippen LogP contribution is 2.31. The van der Waals surface area contributed by atoms with Crippen LogP contribution in [0.25, 0.3) is 0 Å². The predicted molar refractivity (Wildman–Crippen MR) is 83.8 cm³/mol. The zero-order chi connectivity index (χ0) is 16.0. The Bertz CT molecular complexity index is 312. The molecular weight excluding hydrogens is 289 g/mol. The van der Waals surface area contributed by atoms with Gasteiger partial charge in [0.05, 0.1) is 6.54 Å².